The number of hydrogen-bond donors (Lipinski definition) is 2. The highest BCUT2D eigenvalue weighted by Gasteiger charge is 2.28. The summed E-state index contributed by atoms with van der Waals surface area (Å²) >= 11 is 0. The van der Waals surface area contributed by atoms with Crippen molar-refractivity contribution in [3.05, 3.63) is 35.4 Å². The van der Waals surface area contributed by atoms with Crippen molar-refractivity contribution in [3.8, 4) is 0 Å². The number of H-pyrrole nitrogens is 1. The standard InChI is InChI=1S/C19H26N6O2/c1-24-10-8-15(23-24)19(27)25-9-4-5-13(12-25)16-11-17(22-21-16)18(26)20-14-6-2-3-7-14/h8,10-11,13-14H,2-7,9,12H2,1H3,(H,20,26)(H,21,22). The maximum Gasteiger partial charge on any atom is 0.274 e. The molecule has 2 aromatic rings. The second kappa shape index (κ2) is 7.54. The Labute approximate surface area is 158 Å². The summed E-state index contributed by atoms with van der Waals surface area (Å²) in [5.74, 6) is 0.00702. The van der Waals surface area contributed by atoms with Gasteiger partial charge in [0, 0.05) is 44.0 Å². The van der Waals surface area contributed by atoms with Gasteiger partial charge in [-0.05, 0) is 37.8 Å². The van der Waals surface area contributed by atoms with E-state index in [0.29, 0.717) is 17.9 Å². The van der Waals surface area contributed by atoms with Crippen LogP contribution in [0.25, 0.3) is 0 Å². The predicted octanol–water partition coefficient (Wildman–Crippen LogP) is 1.84. The first-order valence-electron chi connectivity index (χ1n) is 9.75. The monoisotopic (exact) mass is 370 g/mol. The van der Waals surface area contributed by atoms with Crippen LogP contribution in [0.4, 0.5) is 0 Å². The third-order valence-electron chi connectivity index (χ3n) is 5.60. The second-order valence-corrected chi connectivity index (χ2v) is 7.63. The predicted molar refractivity (Wildman–Crippen MR) is 99.4 cm³/mol. The van der Waals surface area contributed by atoms with Gasteiger partial charge in [-0.15, -0.1) is 0 Å². The molecular weight excluding hydrogens is 344 g/mol. The molecule has 1 aliphatic heterocycles. The number of likely N-dealkylation sites (tertiary alicyclic amines) is 1. The number of aromatic nitrogens is 4. The Bertz CT molecular complexity index is 820. The number of rotatable bonds is 4. The van der Waals surface area contributed by atoms with Gasteiger partial charge in [-0.2, -0.15) is 10.2 Å². The van der Waals surface area contributed by atoms with Gasteiger partial charge in [0.05, 0.1) is 0 Å². The van der Waals surface area contributed by atoms with E-state index < -0.39 is 0 Å². The van der Waals surface area contributed by atoms with Gasteiger partial charge in [-0.25, -0.2) is 0 Å². The fraction of sp³-hybridized carbons (Fsp3) is 0.579. The van der Waals surface area contributed by atoms with Gasteiger partial charge in [0.25, 0.3) is 11.8 Å². The van der Waals surface area contributed by atoms with E-state index in [-0.39, 0.29) is 23.8 Å². The summed E-state index contributed by atoms with van der Waals surface area (Å²) in [4.78, 5) is 26.9. The Balaban J connectivity index is 1.40. The molecule has 0 bridgehead atoms. The molecule has 2 aliphatic rings. The summed E-state index contributed by atoms with van der Waals surface area (Å²) in [5.41, 5.74) is 1.83. The molecule has 1 atom stereocenters. The molecule has 0 radical (unpaired) electrons. The van der Waals surface area contributed by atoms with Crippen molar-refractivity contribution in [2.45, 2.75) is 50.5 Å². The average Bonchev–Trinajstić information content (AvgIpc) is 3.43. The summed E-state index contributed by atoms with van der Waals surface area (Å²) in [7, 11) is 1.80. The fourth-order valence-corrected chi connectivity index (χ4v) is 4.10. The number of amides is 2. The quantitative estimate of drug-likeness (QED) is 0.858. The van der Waals surface area contributed by atoms with Crippen LogP contribution in [-0.4, -0.2) is 55.8 Å². The SMILES string of the molecule is Cn1ccc(C(=O)N2CCCC(c3cc(C(=O)NC4CCCC4)n[nH]3)C2)n1. The molecule has 2 amide bonds. The minimum Gasteiger partial charge on any atom is -0.348 e. The molecule has 8 nitrogen and oxygen atoms in total. The summed E-state index contributed by atoms with van der Waals surface area (Å²) in [5, 5.41) is 14.5. The van der Waals surface area contributed by atoms with Gasteiger partial charge in [0.15, 0.2) is 0 Å². The third kappa shape index (κ3) is 3.89. The Kier molecular flexibility index (Phi) is 4.96. The van der Waals surface area contributed by atoms with E-state index in [2.05, 4.69) is 20.6 Å². The van der Waals surface area contributed by atoms with Crippen LogP contribution in [-0.2, 0) is 7.05 Å². The van der Waals surface area contributed by atoms with Crippen LogP contribution in [0.3, 0.4) is 0 Å². The first-order valence-corrected chi connectivity index (χ1v) is 9.75. The van der Waals surface area contributed by atoms with Crippen molar-refractivity contribution < 1.29 is 9.59 Å². The maximum absolute atomic E-state index is 12.7. The van der Waals surface area contributed by atoms with Crippen molar-refractivity contribution in [3.63, 3.8) is 0 Å². The van der Waals surface area contributed by atoms with E-state index in [1.807, 2.05) is 11.0 Å². The van der Waals surface area contributed by atoms with Gasteiger partial charge in [0.1, 0.15) is 11.4 Å². The van der Waals surface area contributed by atoms with Crippen molar-refractivity contribution in [1.29, 1.82) is 0 Å². The van der Waals surface area contributed by atoms with Crippen LogP contribution in [0.2, 0.25) is 0 Å². The lowest BCUT2D eigenvalue weighted by molar-refractivity contribution is 0.0698. The molecular formula is C19H26N6O2. The molecule has 2 N–H and O–H groups in total. The van der Waals surface area contributed by atoms with E-state index in [4.69, 9.17) is 0 Å². The third-order valence-corrected chi connectivity index (χ3v) is 5.60. The Morgan fingerprint density at radius 3 is 2.74 bits per heavy atom. The first kappa shape index (κ1) is 17.8. The molecule has 8 heteroatoms. The number of aromatic amines is 1. The van der Waals surface area contributed by atoms with Gasteiger partial charge in [-0.1, -0.05) is 12.8 Å². The lowest BCUT2D eigenvalue weighted by atomic mass is 9.94. The van der Waals surface area contributed by atoms with Crippen molar-refractivity contribution >= 4 is 11.8 Å². The van der Waals surface area contributed by atoms with Crippen LogP contribution in [0.5, 0.6) is 0 Å². The number of carbonyl (C=O) groups excluding carboxylic acids is 2. The molecule has 0 spiro atoms. The first-order chi connectivity index (χ1) is 13.1. The molecule has 27 heavy (non-hydrogen) atoms. The lowest BCUT2D eigenvalue weighted by Gasteiger charge is -2.31. The Morgan fingerprint density at radius 1 is 1.19 bits per heavy atom. The lowest BCUT2D eigenvalue weighted by Crippen LogP contribution is -2.39. The van der Waals surface area contributed by atoms with Gasteiger partial charge in [-0.3, -0.25) is 19.4 Å². The van der Waals surface area contributed by atoms with Crippen LogP contribution < -0.4 is 5.32 Å². The fourth-order valence-electron chi connectivity index (χ4n) is 4.10. The van der Waals surface area contributed by atoms with Gasteiger partial charge >= 0.3 is 0 Å². The summed E-state index contributed by atoms with van der Waals surface area (Å²) in [6, 6.07) is 3.86. The van der Waals surface area contributed by atoms with Crippen LogP contribution >= 0.6 is 0 Å². The number of aryl methyl sites for hydroxylation is 1. The van der Waals surface area contributed by atoms with Gasteiger partial charge in [0.2, 0.25) is 0 Å². The number of carbonyl (C=O) groups is 2. The number of hydrogen-bond acceptors (Lipinski definition) is 4. The zero-order valence-electron chi connectivity index (χ0n) is 15.6. The Morgan fingerprint density at radius 2 is 2.00 bits per heavy atom. The summed E-state index contributed by atoms with van der Waals surface area (Å²) in [6.07, 6.45) is 8.13. The van der Waals surface area contributed by atoms with Crippen molar-refractivity contribution in [2.75, 3.05) is 13.1 Å². The normalized spacial score (nSPS) is 20.8. The molecule has 1 saturated heterocycles. The molecule has 2 fully saturated rings. The average molecular weight is 370 g/mol. The van der Waals surface area contributed by atoms with Crippen LogP contribution in [0.15, 0.2) is 18.3 Å². The minimum absolute atomic E-state index is 0.0426. The highest BCUT2D eigenvalue weighted by Crippen LogP contribution is 2.27. The molecule has 144 valence electrons. The molecule has 3 heterocycles. The van der Waals surface area contributed by atoms with Crippen LogP contribution in [0, 0.1) is 0 Å². The largest absolute Gasteiger partial charge is 0.348 e. The number of piperidine rings is 1. The highest BCUT2D eigenvalue weighted by molar-refractivity contribution is 5.93. The van der Waals surface area contributed by atoms with E-state index in [1.54, 1.807) is 24.0 Å². The smallest absolute Gasteiger partial charge is 0.274 e. The van der Waals surface area contributed by atoms with E-state index >= 15 is 0 Å². The maximum atomic E-state index is 12.7. The summed E-state index contributed by atoms with van der Waals surface area (Å²) < 4.78 is 1.64. The Hall–Kier alpha value is -2.64. The molecule has 4 rings (SSSR count). The number of nitrogens with zero attached hydrogens (tertiary/aromatic N) is 4. The number of nitrogens with one attached hydrogen (secondary N) is 2. The van der Waals surface area contributed by atoms with E-state index in [1.165, 1.54) is 12.8 Å². The van der Waals surface area contributed by atoms with E-state index in [0.717, 1.165) is 37.9 Å². The van der Waals surface area contributed by atoms with Crippen LogP contribution in [0.1, 0.15) is 71.1 Å². The highest BCUT2D eigenvalue weighted by atomic mass is 16.2. The van der Waals surface area contributed by atoms with Crippen molar-refractivity contribution in [2.24, 2.45) is 7.05 Å². The zero-order valence-corrected chi connectivity index (χ0v) is 15.6. The molecule has 2 aromatic heterocycles. The van der Waals surface area contributed by atoms with Crippen molar-refractivity contribution in [1.82, 2.24) is 30.2 Å². The molecule has 1 saturated carbocycles. The molecule has 0 aromatic carbocycles. The minimum atomic E-state index is -0.110. The summed E-state index contributed by atoms with van der Waals surface area (Å²) in [6.45, 7) is 1.34. The zero-order chi connectivity index (χ0) is 18.8. The molecule has 1 aliphatic carbocycles. The second-order valence-electron chi connectivity index (χ2n) is 7.63. The van der Waals surface area contributed by atoms with E-state index in [9.17, 15) is 9.59 Å². The molecule has 1 unspecified atom stereocenters. The topological polar surface area (TPSA) is 95.9 Å². The van der Waals surface area contributed by atoms with Gasteiger partial charge < -0.3 is 10.2 Å².